The van der Waals surface area contributed by atoms with Gasteiger partial charge in [-0.05, 0) is 38.3 Å². The third kappa shape index (κ3) is 3.39. The molecule has 0 aromatic carbocycles. The maximum absolute atomic E-state index is 5.84. The normalized spacial score (nSPS) is 11.3. The Kier molecular flexibility index (Phi) is 4.32. The molecule has 0 aliphatic rings. The van der Waals surface area contributed by atoms with E-state index in [1.807, 2.05) is 13.8 Å². The first-order valence-electron chi connectivity index (χ1n) is 6.64. The van der Waals surface area contributed by atoms with Gasteiger partial charge in [-0.3, -0.25) is 4.98 Å². The highest BCUT2D eigenvalue weighted by Gasteiger charge is 2.13. The molecule has 0 aliphatic heterocycles. The molecule has 2 aromatic rings. The monoisotopic (exact) mass is 275 g/mol. The summed E-state index contributed by atoms with van der Waals surface area (Å²) < 4.78 is 0. The molecular weight excluding hydrogens is 254 g/mol. The molecule has 2 heterocycles. The van der Waals surface area contributed by atoms with Gasteiger partial charge in [-0.2, -0.15) is 0 Å². The second-order valence-electron chi connectivity index (χ2n) is 5.33. The van der Waals surface area contributed by atoms with E-state index in [4.69, 9.17) is 10.7 Å². The standard InChI is InChI=1S/C15H21N3S/c1-9(2)5-13-14(8-16)19-15(18-13)12-6-10(3)17-11(4)7-12/h6-7,9H,5,8,16H2,1-4H3. The van der Waals surface area contributed by atoms with Crippen LogP contribution < -0.4 is 5.73 Å². The Morgan fingerprint density at radius 1 is 1.16 bits per heavy atom. The van der Waals surface area contributed by atoms with Gasteiger partial charge >= 0.3 is 0 Å². The van der Waals surface area contributed by atoms with E-state index in [1.54, 1.807) is 11.3 Å². The van der Waals surface area contributed by atoms with E-state index in [0.29, 0.717) is 12.5 Å². The summed E-state index contributed by atoms with van der Waals surface area (Å²) in [7, 11) is 0. The maximum Gasteiger partial charge on any atom is 0.124 e. The van der Waals surface area contributed by atoms with E-state index in [1.165, 1.54) is 4.88 Å². The van der Waals surface area contributed by atoms with Crippen LogP contribution in [0.4, 0.5) is 0 Å². The molecule has 19 heavy (non-hydrogen) atoms. The fourth-order valence-corrected chi connectivity index (χ4v) is 3.13. The van der Waals surface area contributed by atoms with Crippen LogP contribution in [0.25, 0.3) is 10.6 Å². The van der Waals surface area contributed by atoms with Crippen molar-refractivity contribution in [2.24, 2.45) is 11.7 Å². The Morgan fingerprint density at radius 2 is 1.79 bits per heavy atom. The highest BCUT2D eigenvalue weighted by molar-refractivity contribution is 7.15. The van der Waals surface area contributed by atoms with Crippen LogP contribution in [0, 0.1) is 19.8 Å². The molecule has 0 aliphatic carbocycles. The number of aromatic nitrogens is 2. The van der Waals surface area contributed by atoms with Crippen molar-refractivity contribution in [2.75, 3.05) is 0 Å². The highest BCUT2D eigenvalue weighted by Crippen LogP contribution is 2.29. The Bertz CT molecular complexity index is 553. The molecule has 0 radical (unpaired) electrons. The van der Waals surface area contributed by atoms with Crippen LogP contribution in [0.15, 0.2) is 12.1 Å². The van der Waals surface area contributed by atoms with Crippen molar-refractivity contribution in [1.82, 2.24) is 9.97 Å². The molecule has 0 bridgehead atoms. The van der Waals surface area contributed by atoms with Gasteiger partial charge in [0.1, 0.15) is 5.01 Å². The molecule has 2 aromatic heterocycles. The lowest BCUT2D eigenvalue weighted by Gasteiger charge is -2.02. The number of nitrogens with zero attached hydrogens (tertiary/aromatic N) is 2. The van der Waals surface area contributed by atoms with Crippen LogP contribution >= 0.6 is 11.3 Å². The van der Waals surface area contributed by atoms with Gasteiger partial charge in [0, 0.05) is 28.4 Å². The van der Waals surface area contributed by atoms with E-state index in [9.17, 15) is 0 Å². The summed E-state index contributed by atoms with van der Waals surface area (Å²) in [6.45, 7) is 9.02. The molecule has 0 atom stereocenters. The van der Waals surface area contributed by atoms with Crippen LogP contribution in [-0.4, -0.2) is 9.97 Å². The van der Waals surface area contributed by atoms with Crippen LogP contribution in [0.1, 0.15) is 35.8 Å². The molecule has 3 nitrogen and oxygen atoms in total. The fourth-order valence-electron chi connectivity index (χ4n) is 2.17. The summed E-state index contributed by atoms with van der Waals surface area (Å²) in [5, 5.41) is 1.06. The van der Waals surface area contributed by atoms with Crippen molar-refractivity contribution < 1.29 is 0 Å². The summed E-state index contributed by atoms with van der Waals surface area (Å²) in [6.07, 6.45) is 0.992. The van der Waals surface area contributed by atoms with E-state index in [-0.39, 0.29) is 0 Å². The van der Waals surface area contributed by atoms with E-state index in [2.05, 4.69) is 31.0 Å². The lowest BCUT2D eigenvalue weighted by molar-refractivity contribution is 0.634. The van der Waals surface area contributed by atoms with Gasteiger partial charge < -0.3 is 5.73 Å². The predicted octanol–water partition coefficient (Wildman–Crippen LogP) is 3.48. The molecule has 102 valence electrons. The molecule has 0 fully saturated rings. The first-order valence-corrected chi connectivity index (χ1v) is 7.45. The first-order chi connectivity index (χ1) is 8.99. The predicted molar refractivity (Wildman–Crippen MR) is 81.3 cm³/mol. The smallest absolute Gasteiger partial charge is 0.124 e. The average Bonchev–Trinajstić information content (AvgIpc) is 2.70. The minimum atomic E-state index is 0.572. The number of thiazole rings is 1. The molecule has 4 heteroatoms. The second kappa shape index (κ2) is 5.80. The van der Waals surface area contributed by atoms with Crippen molar-refractivity contribution in [2.45, 2.75) is 40.7 Å². The van der Waals surface area contributed by atoms with Gasteiger partial charge in [-0.25, -0.2) is 4.98 Å². The van der Waals surface area contributed by atoms with Crippen molar-refractivity contribution in [3.05, 3.63) is 34.1 Å². The van der Waals surface area contributed by atoms with E-state index < -0.39 is 0 Å². The summed E-state index contributed by atoms with van der Waals surface area (Å²) in [5.74, 6) is 0.598. The minimum Gasteiger partial charge on any atom is -0.326 e. The second-order valence-corrected chi connectivity index (χ2v) is 6.41. The fraction of sp³-hybridized carbons (Fsp3) is 0.467. The Hall–Kier alpha value is -1.26. The van der Waals surface area contributed by atoms with Crippen LogP contribution in [0.5, 0.6) is 0 Å². The van der Waals surface area contributed by atoms with Gasteiger partial charge in [0.2, 0.25) is 0 Å². The zero-order valence-corrected chi connectivity index (χ0v) is 12.8. The Labute approximate surface area is 118 Å². The van der Waals surface area contributed by atoms with Crippen LogP contribution in [-0.2, 0) is 13.0 Å². The van der Waals surface area contributed by atoms with E-state index >= 15 is 0 Å². The summed E-state index contributed by atoms with van der Waals surface area (Å²) in [6, 6.07) is 4.18. The highest BCUT2D eigenvalue weighted by atomic mass is 32.1. The molecule has 0 saturated heterocycles. The van der Waals surface area contributed by atoms with Crippen molar-refractivity contribution in [3.8, 4) is 10.6 Å². The minimum absolute atomic E-state index is 0.572. The topological polar surface area (TPSA) is 51.8 Å². The van der Waals surface area contributed by atoms with Crippen molar-refractivity contribution in [3.63, 3.8) is 0 Å². The molecular formula is C15H21N3S. The molecule has 0 unspecified atom stereocenters. The lowest BCUT2D eigenvalue weighted by atomic mass is 10.1. The molecule has 2 rings (SSSR count). The van der Waals surface area contributed by atoms with Gasteiger partial charge in [-0.15, -0.1) is 11.3 Å². The number of rotatable bonds is 4. The maximum atomic E-state index is 5.84. The number of hydrogen-bond donors (Lipinski definition) is 1. The molecule has 2 N–H and O–H groups in total. The number of nitrogens with two attached hydrogens (primary N) is 1. The van der Waals surface area contributed by atoms with Gasteiger partial charge in [0.05, 0.1) is 5.69 Å². The third-order valence-electron chi connectivity index (χ3n) is 2.89. The van der Waals surface area contributed by atoms with Crippen molar-refractivity contribution in [1.29, 1.82) is 0 Å². The number of pyridine rings is 1. The Morgan fingerprint density at radius 3 is 2.32 bits per heavy atom. The summed E-state index contributed by atoms with van der Waals surface area (Å²) in [5.41, 5.74) is 10.2. The number of hydrogen-bond acceptors (Lipinski definition) is 4. The summed E-state index contributed by atoms with van der Waals surface area (Å²) >= 11 is 1.71. The zero-order chi connectivity index (χ0) is 14.0. The summed E-state index contributed by atoms with van der Waals surface area (Å²) in [4.78, 5) is 10.4. The largest absolute Gasteiger partial charge is 0.326 e. The number of aryl methyl sites for hydroxylation is 2. The molecule has 0 amide bonds. The van der Waals surface area contributed by atoms with Crippen LogP contribution in [0.2, 0.25) is 0 Å². The van der Waals surface area contributed by atoms with Crippen molar-refractivity contribution >= 4 is 11.3 Å². The molecule has 0 saturated carbocycles. The third-order valence-corrected chi connectivity index (χ3v) is 4.06. The molecule has 0 spiro atoms. The zero-order valence-electron chi connectivity index (χ0n) is 12.0. The SMILES string of the molecule is Cc1cc(-c2nc(CC(C)C)c(CN)s2)cc(C)n1. The first kappa shape index (κ1) is 14.2. The van der Waals surface area contributed by atoms with Crippen LogP contribution in [0.3, 0.4) is 0 Å². The average molecular weight is 275 g/mol. The quantitative estimate of drug-likeness (QED) is 0.929. The van der Waals surface area contributed by atoms with Gasteiger partial charge in [0.25, 0.3) is 0 Å². The Balaban J connectivity index is 2.42. The van der Waals surface area contributed by atoms with E-state index in [0.717, 1.165) is 34.1 Å². The lowest BCUT2D eigenvalue weighted by Crippen LogP contribution is -2.02. The van der Waals surface area contributed by atoms with Gasteiger partial charge in [-0.1, -0.05) is 13.8 Å². The van der Waals surface area contributed by atoms with Gasteiger partial charge in [0.15, 0.2) is 0 Å².